The fourth-order valence-electron chi connectivity index (χ4n) is 2.53. The molecule has 3 aromatic rings. The van der Waals surface area contributed by atoms with E-state index in [1.165, 1.54) is 31.3 Å². The van der Waals surface area contributed by atoms with Crippen LogP contribution in [0.2, 0.25) is 0 Å². The lowest BCUT2D eigenvalue weighted by molar-refractivity contribution is 0.590. The number of hydrogen-bond acceptors (Lipinski definition) is 2. The van der Waals surface area contributed by atoms with Gasteiger partial charge in [0.25, 0.3) is 10.0 Å². The molecule has 0 radical (unpaired) electrons. The molecule has 3 aromatic carbocycles. The highest BCUT2D eigenvalue weighted by Gasteiger charge is 2.26. The molecule has 0 amide bonds. The molecular formula is C19H16FNO2S. The number of hydrogen-bond donors (Lipinski definition) is 0. The Hall–Kier alpha value is -2.66. The van der Waals surface area contributed by atoms with Gasteiger partial charge in [-0.1, -0.05) is 60.7 Å². The molecule has 5 heteroatoms. The normalized spacial score (nSPS) is 11.2. The molecule has 3 rings (SSSR count). The molecule has 0 N–H and O–H groups in total. The zero-order valence-corrected chi connectivity index (χ0v) is 13.9. The summed E-state index contributed by atoms with van der Waals surface area (Å²) in [6.07, 6.45) is 0. The van der Waals surface area contributed by atoms with E-state index in [4.69, 9.17) is 0 Å². The number of rotatable bonds is 4. The highest BCUT2D eigenvalue weighted by Crippen LogP contribution is 2.31. The smallest absolute Gasteiger partial charge is 0.264 e. The molecule has 0 aromatic heterocycles. The highest BCUT2D eigenvalue weighted by molar-refractivity contribution is 7.93. The zero-order valence-electron chi connectivity index (χ0n) is 13.1. The molecule has 0 fully saturated rings. The van der Waals surface area contributed by atoms with Crippen LogP contribution in [0.15, 0.2) is 83.8 Å². The van der Waals surface area contributed by atoms with Crippen LogP contribution in [0.1, 0.15) is 0 Å². The van der Waals surface area contributed by atoms with Crippen molar-refractivity contribution in [2.75, 3.05) is 11.4 Å². The molecule has 0 atom stereocenters. The van der Waals surface area contributed by atoms with Crippen LogP contribution in [0.5, 0.6) is 0 Å². The van der Waals surface area contributed by atoms with E-state index in [0.29, 0.717) is 5.56 Å². The minimum absolute atomic E-state index is 0.0142. The van der Waals surface area contributed by atoms with E-state index in [0.717, 1.165) is 9.87 Å². The molecule has 0 saturated heterocycles. The fraction of sp³-hybridized carbons (Fsp3) is 0.0526. The Bertz CT molecular complexity index is 956. The maximum absolute atomic E-state index is 14.0. The Morgan fingerprint density at radius 2 is 1.38 bits per heavy atom. The lowest BCUT2D eigenvalue weighted by atomic mass is 10.1. The van der Waals surface area contributed by atoms with E-state index in [2.05, 4.69) is 0 Å². The van der Waals surface area contributed by atoms with E-state index >= 15 is 0 Å². The number of benzene rings is 3. The second-order valence-electron chi connectivity index (χ2n) is 5.29. The Kier molecular flexibility index (Phi) is 4.36. The predicted octanol–water partition coefficient (Wildman–Crippen LogP) is 4.32. The van der Waals surface area contributed by atoms with Crippen molar-refractivity contribution in [1.29, 1.82) is 0 Å². The first-order valence-corrected chi connectivity index (χ1v) is 8.84. The molecule has 0 saturated carbocycles. The van der Waals surface area contributed by atoms with Crippen LogP contribution in [0.3, 0.4) is 0 Å². The number of para-hydroxylation sites is 1. The third-order valence-electron chi connectivity index (χ3n) is 3.80. The first-order chi connectivity index (χ1) is 11.5. The molecule has 0 aliphatic heterocycles. The van der Waals surface area contributed by atoms with Gasteiger partial charge in [-0.3, -0.25) is 4.31 Å². The molecule has 0 aliphatic carbocycles. The van der Waals surface area contributed by atoms with Crippen LogP contribution in [0.25, 0.3) is 11.1 Å². The topological polar surface area (TPSA) is 37.4 Å². The highest BCUT2D eigenvalue weighted by atomic mass is 32.2. The molecule has 0 aliphatic rings. The van der Waals surface area contributed by atoms with E-state index in [1.54, 1.807) is 24.3 Å². The summed E-state index contributed by atoms with van der Waals surface area (Å²) in [7, 11) is -2.54. The molecule has 0 unspecified atom stereocenters. The van der Waals surface area contributed by atoms with Gasteiger partial charge in [0.15, 0.2) is 0 Å². The molecule has 24 heavy (non-hydrogen) atoms. The summed E-state index contributed by atoms with van der Waals surface area (Å²) in [5, 5.41) is 0. The number of sulfonamides is 1. The third-order valence-corrected chi connectivity index (χ3v) is 5.63. The van der Waals surface area contributed by atoms with Gasteiger partial charge in [-0.2, -0.15) is 0 Å². The van der Waals surface area contributed by atoms with E-state index in [9.17, 15) is 12.8 Å². The minimum atomic E-state index is -3.90. The standard InChI is InChI=1S/C19H16FNO2S/c1-21(18-13-7-6-12-17(18)20)24(22,23)19-14-8-5-11-16(19)15-9-3-2-4-10-15/h2-14H,1H3. The van der Waals surface area contributed by atoms with E-state index in [-0.39, 0.29) is 10.6 Å². The summed E-state index contributed by atoms with van der Waals surface area (Å²) >= 11 is 0. The average Bonchev–Trinajstić information content (AvgIpc) is 2.62. The molecule has 0 spiro atoms. The monoisotopic (exact) mass is 341 g/mol. The summed E-state index contributed by atoms with van der Waals surface area (Å²) in [6, 6.07) is 21.8. The molecule has 3 nitrogen and oxygen atoms in total. The van der Waals surface area contributed by atoms with Crippen LogP contribution in [-0.2, 0) is 10.0 Å². The van der Waals surface area contributed by atoms with Crippen LogP contribution < -0.4 is 4.31 Å². The zero-order chi connectivity index (χ0) is 17.2. The molecular weight excluding hydrogens is 325 g/mol. The van der Waals surface area contributed by atoms with Crippen molar-refractivity contribution in [3.63, 3.8) is 0 Å². The predicted molar refractivity (Wildman–Crippen MR) is 93.9 cm³/mol. The van der Waals surface area contributed by atoms with E-state index in [1.807, 2.05) is 30.3 Å². The first kappa shape index (κ1) is 16.2. The van der Waals surface area contributed by atoms with Crippen molar-refractivity contribution >= 4 is 15.7 Å². The average molecular weight is 341 g/mol. The summed E-state index contributed by atoms with van der Waals surface area (Å²) in [5.41, 5.74) is 1.39. The van der Waals surface area contributed by atoms with Gasteiger partial charge in [0.2, 0.25) is 0 Å². The molecule has 122 valence electrons. The summed E-state index contributed by atoms with van der Waals surface area (Å²) in [6.45, 7) is 0. The second kappa shape index (κ2) is 6.45. The van der Waals surface area contributed by atoms with Gasteiger partial charge in [0.05, 0.1) is 10.6 Å². The largest absolute Gasteiger partial charge is 0.266 e. The Balaban J connectivity index is 2.14. The Morgan fingerprint density at radius 3 is 2.08 bits per heavy atom. The summed E-state index contributed by atoms with van der Waals surface area (Å²) in [5.74, 6) is -0.583. The van der Waals surface area contributed by atoms with Crippen molar-refractivity contribution in [3.8, 4) is 11.1 Å². The minimum Gasteiger partial charge on any atom is -0.266 e. The summed E-state index contributed by atoms with van der Waals surface area (Å²) in [4.78, 5) is 0.141. The van der Waals surface area contributed by atoms with Crippen molar-refractivity contribution in [3.05, 3.63) is 84.7 Å². The van der Waals surface area contributed by atoms with Crippen LogP contribution in [-0.4, -0.2) is 15.5 Å². The maximum Gasteiger partial charge on any atom is 0.264 e. The van der Waals surface area contributed by atoms with Crippen molar-refractivity contribution in [2.45, 2.75) is 4.90 Å². The van der Waals surface area contributed by atoms with Crippen LogP contribution in [0, 0.1) is 5.82 Å². The summed E-state index contributed by atoms with van der Waals surface area (Å²) < 4.78 is 41.1. The van der Waals surface area contributed by atoms with Crippen LogP contribution in [0.4, 0.5) is 10.1 Å². The Morgan fingerprint density at radius 1 is 0.792 bits per heavy atom. The van der Waals surface area contributed by atoms with Crippen molar-refractivity contribution in [1.82, 2.24) is 0 Å². The number of halogens is 1. The van der Waals surface area contributed by atoms with Crippen LogP contribution >= 0.6 is 0 Å². The third kappa shape index (κ3) is 2.90. The van der Waals surface area contributed by atoms with Gasteiger partial charge in [-0.05, 0) is 23.8 Å². The van der Waals surface area contributed by atoms with Crippen molar-refractivity contribution < 1.29 is 12.8 Å². The van der Waals surface area contributed by atoms with Gasteiger partial charge in [-0.15, -0.1) is 0 Å². The quantitative estimate of drug-likeness (QED) is 0.709. The fourth-order valence-corrected chi connectivity index (χ4v) is 3.95. The molecule has 0 heterocycles. The van der Waals surface area contributed by atoms with Gasteiger partial charge in [0.1, 0.15) is 5.82 Å². The first-order valence-electron chi connectivity index (χ1n) is 7.40. The lowest BCUT2D eigenvalue weighted by Crippen LogP contribution is -2.27. The van der Waals surface area contributed by atoms with E-state index < -0.39 is 15.8 Å². The SMILES string of the molecule is CN(c1ccccc1F)S(=O)(=O)c1ccccc1-c1ccccc1. The Labute approximate surface area is 141 Å². The van der Waals surface area contributed by atoms with Crippen molar-refractivity contribution in [2.24, 2.45) is 0 Å². The van der Waals surface area contributed by atoms with Gasteiger partial charge >= 0.3 is 0 Å². The lowest BCUT2D eigenvalue weighted by Gasteiger charge is -2.21. The van der Waals surface area contributed by atoms with Gasteiger partial charge < -0.3 is 0 Å². The second-order valence-corrected chi connectivity index (χ2v) is 7.22. The van der Waals surface area contributed by atoms with Gasteiger partial charge in [0, 0.05) is 12.6 Å². The molecule has 0 bridgehead atoms. The number of nitrogens with zero attached hydrogens (tertiary/aromatic N) is 1. The number of anilines is 1. The maximum atomic E-state index is 14.0. The van der Waals surface area contributed by atoms with Gasteiger partial charge in [-0.25, -0.2) is 12.8 Å².